The first-order valence-corrected chi connectivity index (χ1v) is 6.14. The summed E-state index contributed by atoms with van der Waals surface area (Å²) >= 11 is 0. The van der Waals surface area contributed by atoms with E-state index in [1.807, 2.05) is 30.3 Å². The average molecular weight is 245 g/mol. The van der Waals surface area contributed by atoms with Crippen LogP contribution in [0.1, 0.15) is 30.3 Å². The summed E-state index contributed by atoms with van der Waals surface area (Å²) in [5.74, 6) is 0.937. The number of hydrogen-bond acceptors (Lipinski definition) is 3. The van der Waals surface area contributed by atoms with Gasteiger partial charge in [-0.1, -0.05) is 30.3 Å². The molecule has 1 aromatic carbocycles. The van der Waals surface area contributed by atoms with Gasteiger partial charge in [-0.25, -0.2) is 0 Å². The Hall–Kier alpha value is -1.58. The van der Waals surface area contributed by atoms with Gasteiger partial charge in [0.05, 0.1) is 25.0 Å². The zero-order chi connectivity index (χ0) is 12.8. The van der Waals surface area contributed by atoms with Crippen LogP contribution in [0.25, 0.3) is 0 Å². The molecule has 3 nitrogen and oxygen atoms in total. The van der Waals surface area contributed by atoms with E-state index in [4.69, 9.17) is 9.15 Å². The molecule has 2 aromatic rings. The fourth-order valence-corrected chi connectivity index (χ4v) is 2.01. The normalized spacial score (nSPS) is 14.3. The maximum absolute atomic E-state index is 5.41. The summed E-state index contributed by atoms with van der Waals surface area (Å²) in [6.07, 6.45) is 1.70. The van der Waals surface area contributed by atoms with Crippen molar-refractivity contribution in [1.82, 2.24) is 5.32 Å². The summed E-state index contributed by atoms with van der Waals surface area (Å²) in [7, 11) is 1.72. The van der Waals surface area contributed by atoms with Crippen molar-refractivity contribution in [3.05, 3.63) is 60.1 Å². The molecule has 0 spiro atoms. The van der Waals surface area contributed by atoms with Crippen molar-refractivity contribution in [1.29, 1.82) is 0 Å². The molecule has 2 atom stereocenters. The van der Waals surface area contributed by atoms with Gasteiger partial charge < -0.3 is 9.15 Å². The van der Waals surface area contributed by atoms with Crippen molar-refractivity contribution < 1.29 is 9.15 Å². The molecule has 3 heteroatoms. The van der Waals surface area contributed by atoms with E-state index in [-0.39, 0.29) is 12.1 Å². The van der Waals surface area contributed by atoms with Crippen LogP contribution < -0.4 is 5.32 Å². The van der Waals surface area contributed by atoms with Crippen LogP contribution in [0.5, 0.6) is 0 Å². The molecular formula is C15H19NO2. The number of ether oxygens (including phenoxy) is 1. The van der Waals surface area contributed by atoms with E-state index in [9.17, 15) is 0 Å². The van der Waals surface area contributed by atoms with Gasteiger partial charge in [0.15, 0.2) is 0 Å². The molecule has 0 fully saturated rings. The maximum atomic E-state index is 5.41. The lowest BCUT2D eigenvalue weighted by Crippen LogP contribution is -2.27. The Kier molecular flexibility index (Phi) is 4.56. The molecule has 0 saturated heterocycles. The first kappa shape index (κ1) is 12.9. The molecule has 18 heavy (non-hydrogen) atoms. The second-order valence-electron chi connectivity index (χ2n) is 4.32. The Bertz CT molecular complexity index is 439. The van der Waals surface area contributed by atoms with Crippen molar-refractivity contribution in [2.75, 3.05) is 13.7 Å². The third-order valence-corrected chi connectivity index (χ3v) is 2.96. The van der Waals surface area contributed by atoms with Gasteiger partial charge in [0.1, 0.15) is 5.76 Å². The number of furan rings is 1. The molecule has 1 heterocycles. The smallest absolute Gasteiger partial charge is 0.120 e. The lowest BCUT2D eigenvalue weighted by atomic mass is 10.1. The highest BCUT2D eigenvalue weighted by molar-refractivity contribution is 5.19. The molecule has 0 radical (unpaired) electrons. The first-order valence-electron chi connectivity index (χ1n) is 6.14. The summed E-state index contributed by atoms with van der Waals surface area (Å²) in [5.41, 5.74) is 1.22. The van der Waals surface area contributed by atoms with Gasteiger partial charge in [-0.3, -0.25) is 5.32 Å². The highest BCUT2D eigenvalue weighted by Gasteiger charge is 2.16. The van der Waals surface area contributed by atoms with Crippen LogP contribution in [0.3, 0.4) is 0 Å². The SMILES string of the molecule is COCC(N[C@H](C)c1ccco1)c1ccccc1. The van der Waals surface area contributed by atoms with Crippen LogP contribution in [0, 0.1) is 0 Å². The highest BCUT2D eigenvalue weighted by atomic mass is 16.5. The molecule has 0 aliphatic rings. The van der Waals surface area contributed by atoms with E-state index in [2.05, 4.69) is 24.4 Å². The Balaban J connectivity index is 2.07. The summed E-state index contributed by atoms with van der Waals surface area (Å²) in [4.78, 5) is 0. The van der Waals surface area contributed by atoms with E-state index in [0.29, 0.717) is 6.61 Å². The lowest BCUT2D eigenvalue weighted by Gasteiger charge is -2.22. The van der Waals surface area contributed by atoms with Crippen molar-refractivity contribution in [3.63, 3.8) is 0 Å². The molecule has 0 amide bonds. The fourth-order valence-electron chi connectivity index (χ4n) is 2.01. The van der Waals surface area contributed by atoms with E-state index >= 15 is 0 Å². The number of nitrogens with one attached hydrogen (secondary N) is 1. The number of methoxy groups -OCH3 is 1. The van der Waals surface area contributed by atoms with Gasteiger partial charge in [0, 0.05) is 7.11 Å². The molecule has 2 rings (SSSR count). The molecule has 96 valence electrons. The molecule has 1 unspecified atom stereocenters. The van der Waals surface area contributed by atoms with Crippen molar-refractivity contribution in [2.45, 2.75) is 19.0 Å². The van der Waals surface area contributed by atoms with Gasteiger partial charge in [-0.15, -0.1) is 0 Å². The third-order valence-electron chi connectivity index (χ3n) is 2.96. The summed E-state index contributed by atoms with van der Waals surface area (Å²) in [5, 5.41) is 3.52. The topological polar surface area (TPSA) is 34.4 Å². The molecule has 1 aromatic heterocycles. The second-order valence-corrected chi connectivity index (χ2v) is 4.32. The van der Waals surface area contributed by atoms with Gasteiger partial charge in [0.2, 0.25) is 0 Å². The molecule has 0 aliphatic heterocycles. The van der Waals surface area contributed by atoms with E-state index < -0.39 is 0 Å². The Morgan fingerprint density at radius 2 is 1.94 bits per heavy atom. The second kappa shape index (κ2) is 6.38. The number of hydrogen-bond donors (Lipinski definition) is 1. The molecule has 0 saturated carbocycles. The van der Waals surface area contributed by atoms with Crippen LogP contribution >= 0.6 is 0 Å². The van der Waals surface area contributed by atoms with Crippen molar-refractivity contribution in [2.24, 2.45) is 0 Å². The van der Waals surface area contributed by atoms with E-state index in [0.717, 1.165) is 5.76 Å². The zero-order valence-electron chi connectivity index (χ0n) is 10.8. The van der Waals surface area contributed by atoms with Crippen LogP contribution in [0.15, 0.2) is 53.1 Å². The Labute approximate surface area is 108 Å². The predicted molar refractivity (Wildman–Crippen MR) is 71.3 cm³/mol. The Morgan fingerprint density at radius 1 is 1.17 bits per heavy atom. The number of rotatable bonds is 6. The molecule has 0 aliphatic carbocycles. The zero-order valence-corrected chi connectivity index (χ0v) is 10.8. The fraction of sp³-hybridized carbons (Fsp3) is 0.333. The standard InChI is InChI=1S/C15H19NO2/c1-12(15-9-6-10-18-15)16-14(11-17-2)13-7-4-3-5-8-13/h3-10,12,14,16H,11H2,1-2H3/t12-,14?/m1/s1. The maximum Gasteiger partial charge on any atom is 0.120 e. The average Bonchev–Trinajstić information content (AvgIpc) is 2.93. The minimum Gasteiger partial charge on any atom is -0.468 e. The molecular weight excluding hydrogens is 226 g/mol. The molecule has 1 N–H and O–H groups in total. The lowest BCUT2D eigenvalue weighted by molar-refractivity contribution is 0.160. The monoisotopic (exact) mass is 245 g/mol. The van der Waals surface area contributed by atoms with Gasteiger partial charge in [0.25, 0.3) is 0 Å². The van der Waals surface area contributed by atoms with Gasteiger partial charge >= 0.3 is 0 Å². The third kappa shape index (κ3) is 3.22. The summed E-state index contributed by atoms with van der Waals surface area (Å²) < 4.78 is 10.7. The van der Waals surface area contributed by atoms with Gasteiger partial charge in [-0.2, -0.15) is 0 Å². The van der Waals surface area contributed by atoms with Crippen LogP contribution in [0.2, 0.25) is 0 Å². The predicted octanol–water partition coefficient (Wildman–Crippen LogP) is 3.32. The summed E-state index contributed by atoms with van der Waals surface area (Å²) in [6.45, 7) is 2.72. The van der Waals surface area contributed by atoms with Crippen LogP contribution in [0.4, 0.5) is 0 Å². The first-order chi connectivity index (χ1) is 8.81. The summed E-state index contributed by atoms with van der Waals surface area (Å²) in [6, 6.07) is 14.5. The van der Waals surface area contributed by atoms with Crippen molar-refractivity contribution >= 4 is 0 Å². The highest BCUT2D eigenvalue weighted by Crippen LogP contribution is 2.20. The van der Waals surface area contributed by atoms with E-state index in [1.54, 1.807) is 13.4 Å². The minimum absolute atomic E-state index is 0.153. The van der Waals surface area contributed by atoms with Gasteiger partial charge in [-0.05, 0) is 24.6 Å². The Morgan fingerprint density at radius 3 is 2.56 bits per heavy atom. The van der Waals surface area contributed by atoms with Crippen LogP contribution in [-0.4, -0.2) is 13.7 Å². The van der Waals surface area contributed by atoms with E-state index in [1.165, 1.54) is 5.56 Å². The quantitative estimate of drug-likeness (QED) is 0.847. The number of benzene rings is 1. The molecule has 0 bridgehead atoms. The largest absolute Gasteiger partial charge is 0.468 e. The van der Waals surface area contributed by atoms with Crippen LogP contribution in [-0.2, 0) is 4.74 Å². The minimum atomic E-state index is 0.153. The van der Waals surface area contributed by atoms with Crippen molar-refractivity contribution in [3.8, 4) is 0 Å².